The third-order valence-corrected chi connectivity index (χ3v) is 7.34. The highest BCUT2D eigenvalue weighted by molar-refractivity contribution is 5.94. The second-order valence-electron chi connectivity index (χ2n) is 10.4. The number of carbonyl (C=O) groups excluding carboxylic acids is 2. The molecule has 2 atom stereocenters. The van der Waals surface area contributed by atoms with Crippen molar-refractivity contribution >= 4 is 23.6 Å². The summed E-state index contributed by atoms with van der Waals surface area (Å²) in [6, 6.07) is 1.13. The SMILES string of the molecule is NC1(COc2cc(F)c3c(c2F)CC(CNCCC2CN(c4cnc5c(n4)NC(=O)CO5)C(=O)O2)C3)CC1. The maximum atomic E-state index is 15.0. The zero-order valence-corrected chi connectivity index (χ0v) is 20.6. The van der Waals surface area contributed by atoms with Gasteiger partial charge in [0.1, 0.15) is 18.5 Å². The van der Waals surface area contributed by atoms with Gasteiger partial charge in [-0.05, 0) is 62.2 Å². The molecule has 2 fully saturated rings. The number of amides is 2. The standard InChI is InChI=1S/C25H28F2N6O5/c26-17-7-18(37-12-25(28)2-3-25)21(27)16-6-13(5-15(16)17)8-29-4-1-14-10-33(24(35)38-14)19-9-30-23-22(31-19)32-20(34)11-36-23/h7,9,13-14,29H,1-6,8,10-12,28H2,(H,31,32,34). The highest BCUT2D eigenvalue weighted by Gasteiger charge is 2.40. The van der Waals surface area contributed by atoms with Gasteiger partial charge in [0.2, 0.25) is 0 Å². The monoisotopic (exact) mass is 530 g/mol. The van der Waals surface area contributed by atoms with Crippen molar-refractivity contribution in [2.45, 2.75) is 43.7 Å². The molecular formula is C25H28F2N6O5. The number of halogens is 2. The Labute approximate surface area is 217 Å². The maximum absolute atomic E-state index is 15.0. The predicted octanol–water partition coefficient (Wildman–Crippen LogP) is 1.68. The molecule has 1 saturated heterocycles. The fourth-order valence-electron chi connectivity index (χ4n) is 4.97. The average molecular weight is 531 g/mol. The van der Waals surface area contributed by atoms with Crippen molar-refractivity contribution in [2.24, 2.45) is 11.7 Å². The number of nitrogens with one attached hydrogen (secondary N) is 2. The molecule has 2 aliphatic heterocycles. The number of carbonyl (C=O) groups is 2. The van der Waals surface area contributed by atoms with E-state index in [4.69, 9.17) is 19.9 Å². The molecule has 2 aliphatic carbocycles. The number of ether oxygens (including phenoxy) is 3. The molecule has 13 heteroatoms. The van der Waals surface area contributed by atoms with E-state index in [9.17, 15) is 18.4 Å². The minimum Gasteiger partial charge on any atom is -0.488 e. The highest BCUT2D eigenvalue weighted by atomic mass is 19.1. The predicted molar refractivity (Wildman–Crippen MR) is 130 cm³/mol. The summed E-state index contributed by atoms with van der Waals surface area (Å²) in [5.74, 6) is -0.715. The number of rotatable bonds is 9. The molecule has 1 saturated carbocycles. The van der Waals surface area contributed by atoms with E-state index in [2.05, 4.69) is 20.6 Å². The van der Waals surface area contributed by atoms with Crippen molar-refractivity contribution in [3.8, 4) is 11.6 Å². The lowest BCUT2D eigenvalue weighted by atomic mass is 10.1. The Kier molecular flexibility index (Phi) is 6.26. The van der Waals surface area contributed by atoms with E-state index < -0.39 is 23.3 Å². The van der Waals surface area contributed by atoms with Crippen molar-refractivity contribution in [3.05, 3.63) is 35.0 Å². The third-order valence-electron chi connectivity index (χ3n) is 7.34. The van der Waals surface area contributed by atoms with Gasteiger partial charge in [-0.25, -0.2) is 23.5 Å². The van der Waals surface area contributed by atoms with Crippen LogP contribution in [0.5, 0.6) is 11.6 Å². The normalized spacial score (nSPS) is 22.9. The number of cyclic esters (lactones) is 1. The van der Waals surface area contributed by atoms with Gasteiger partial charge < -0.3 is 30.6 Å². The molecule has 6 rings (SSSR count). The Bertz CT molecular complexity index is 1290. The topological polar surface area (TPSA) is 141 Å². The maximum Gasteiger partial charge on any atom is 0.415 e. The molecule has 0 radical (unpaired) electrons. The zero-order valence-electron chi connectivity index (χ0n) is 20.6. The number of hydrogen-bond acceptors (Lipinski definition) is 9. The fraction of sp³-hybridized carbons (Fsp3) is 0.520. The molecule has 2 aromatic rings. The summed E-state index contributed by atoms with van der Waals surface area (Å²) < 4.78 is 45.8. The van der Waals surface area contributed by atoms with E-state index in [-0.39, 0.29) is 61.0 Å². The van der Waals surface area contributed by atoms with Gasteiger partial charge in [-0.15, -0.1) is 0 Å². The number of fused-ring (bicyclic) bond motifs is 2. The molecule has 11 nitrogen and oxygen atoms in total. The summed E-state index contributed by atoms with van der Waals surface area (Å²) in [6.45, 7) is 1.44. The number of nitrogens with zero attached hydrogens (tertiary/aromatic N) is 3. The summed E-state index contributed by atoms with van der Waals surface area (Å²) in [5.41, 5.74) is 6.37. The van der Waals surface area contributed by atoms with Gasteiger partial charge in [-0.2, -0.15) is 0 Å². The highest BCUT2D eigenvalue weighted by Crippen LogP contribution is 2.37. The van der Waals surface area contributed by atoms with Gasteiger partial charge in [0, 0.05) is 6.07 Å². The summed E-state index contributed by atoms with van der Waals surface area (Å²) >= 11 is 0. The number of aromatic nitrogens is 2. The van der Waals surface area contributed by atoms with Gasteiger partial charge in [0.05, 0.1) is 18.3 Å². The summed E-state index contributed by atoms with van der Waals surface area (Å²) in [5, 5.41) is 5.88. The second-order valence-corrected chi connectivity index (χ2v) is 10.4. The molecule has 1 aromatic heterocycles. The lowest BCUT2D eigenvalue weighted by Gasteiger charge is -2.18. The van der Waals surface area contributed by atoms with E-state index in [0.29, 0.717) is 43.5 Å². The molecule has 4 aliphatic rings. The van der Waals surface area contributed by atoms with Crippen LogP contribution < -0.4 is 30.7 Å². The van der Waals surface area contributed by atoms with Crippen molar-refractivity contribution in [1.82, 2.24) is 15.3 Å². The first-order valence-corrected chi connectivity index (χ1v) is 12.7. The summed E-state index contributed by atoms with van der Waals surface area (Å²) in [7, 11) is 0. The zero-order chi connectivity index (χ0) is 26.4. The third kappa shape index (κ3) is 4.95. The quantitative estimate of drug-likeness (QED) is 0.413. The van der Waals surface area contributed by atoms with Gasteiger partial charge in [-0.3, -0.25) is 9.69 Å². The number of benzene rings is 1. The number of nitrogens with two attached hydrogens (primary N) is 1. The average Bonchev–Trinajstić information content (AvgIpc) is 3.30. The first kappa shape index (κ1) is 24.7. The van der Waals surface area contributed by atoms with Crippen molar-refractivity contribution in [3.63, 3.8) is 0 Å². The molecule has 202 valence electrons. The van der Waals surface area contributed by atoms with E-state index >= 15 is 0 Å². The van der Waals surface area contributed by atoms with Crippen LogP contribution in [0.1, 0.15) is 30.4 Å². The van der Waals surface area contributed by atoms with Crippen LogP contribution in [0.2, 0.25) is 0 Å². The van der Waals surface area contributed by atoms with Crippen LogP contribution in [0.25, 0.3) is 0 Å². The first-order valence-electron chi connectivity index (χ1n) is 12.7. The molecule has 38 heavy (non-hydrogen) atoms. The molecule has 2 amide bonds. The molecule has 0 bridgehead atoms. The molecule has 2 unspecified atom stereocenters. The number of hydrogen-bond donors (Lipinski definition) is 3. The van der Waals surface area contributed by atoms with Crippen LogP contribution in [0.15, 0.2) is 12.3 Å². The lowest BCUT2D eigenvalue weighted by Crippen LogP contribution is -2.30. The van der Waals surface area contributed by atoms with Crippen molar-refractivity contribution < 1.29 is 32.6 Å². The van der Waals surface area contributed by atoms with Crippen molar-refractivity contribution in [1.29, 1.82) is 0 Å². The van der Waals surface area contributed by atoms with E-state index in [0.717, 1.165) is 18.9 Å². The Morgan fingerprint density at radius 1 is 1.26 bits per heavy atom. The second kappa shape index (κ2) is 9.62. The van der Waals surface area contributed by atoms with E-state index in [1.807, 2.05) is 0 Å². The Morgan fingerprint density at radius 3 is 2.89 bits per heavy atom. The first-order chi connectivity index (χ1) is 18.3. The molecule has 3 heterocycles. The van der Waals surface area contributed by atoms with Crippen LogP contribution in [-0.2, 0) is 22.4 Å². The van der Waals surface area contributed by atoms with Crippen LogP contribution in [0, 0.1) is 17.6 Å². The van der Waals surface area contributed by atoms with Crippen molar-refractivity contribution in [2.75, 3.05) is 43.1 Å². The van der Waals surface area contributed by atoms with Crippen LogP contribution in [0.3, 0.4) is 0 Å². The van der Waals surface area contributed by atoms with Crippen LogP contribution in [0.4, 0.5) is 25.2 Å². The Balaban J connectivity index is 0.981. The molecule has 1 aromatic carbocycles. The summed E-state index contributed by atoms with van der Waals surface area (Å²) in [6.07, 6.45) is 3.52. The largest absolute Gasteiger partial charge is 0.488 e. The van der Waals surface area contributed by atoms with Gasteiger partial charge in [0.15, 0.2) is 29.8 Å². The van der Waals surface area contributed by atoms with E-state index in [1.165, 1.54) is 11.1 Å². The minimum atomic E-state index is -0.551. The van der Waals surface area contributed by atoms with Gasteiger partial charge in [-0.1, -0.05) is 0 Å². The minimum absolute atomic E-state index is 0.0411. The van der Waals surface area contributed by atoms with Gasteiger partial charge in [0.25, 0.3) is 11.8 Å². The molecule has 0 spiro atoms. The van der Waals surface area contributed by atoms with Crippen LogP contribution in [-0.4, -0.2) is 66.5 Å². The Hall–Kier alpha value is -3.58. The fourth-order valence-corrected chi connectivity index (χ4v) is 4.97. The van der Waals surface area contributed by atoms with Gasteiger partial charge >= 0.3 is 6.09 Å². The molecular weight excluding hydrogens is 502 g/mol. The van der Waals surface area contributed by atoms with E-state index in [1.54, 1.807) is 0 Å². The smallest absolute Gasteiger partial charge is 0.415 e. The number of anilines is 2. The molecule has 4 N–H and O–H groups in total. The lowest BCUT2D eigenvalue weighted by molar-refractivity contribution is -0.118. The van der Waals surface area contributed by atoms with Crippen LogP contribution >= 0.6 is 0 Å². The Morgan fingerprint density at radius 2 is 2.08 bits per heavy atom. The summed E-state index contributed by atoms with van der Waals surface area (Å²) in [4.78, 5) is 33.6.